The largest absolute Gasteiger partial charge is 0.508 e. The average Bonchev–Trinajstić information content (AvgIpc) is 2.83. The Morgan fingerprint density at radius 1 is 1.14 bits per heavy atom. The van der Waals surface area contributed by atoms with Crippen molar-refractivity contribution < 1.29 is 28.9 Å². The number of hydrogen-bond donors (Lipinski definition) is 5. The number of rotatable bonds is 8. The van der Waals surface area contributed by atoms with Gasteiger partial charge in [0.15, 0.2) is 0 Å². The molecule has 0 bridgehead atoms. The van der Waals surface area contributed by atoms with E-state index in [0.717, 1.165) is 11.8 Å². The number of phenols is 1. The molecule has 188 valence electrons. The van der Waals surface area contributed by atoms with E-state index < -0.39 is 23.7 Å². The Bertz CT molecular complexity index is 1250. The fourth-order valence-electron chi connectivity index (χ4n) is 2.92. The number of nitrogens with one attached hydrogen (secondary N) is 3. The number of nitrogens with zero attached hydrogens (tertiary/aromatic N) is 2. The van der Waals surface area contributed by atoms with Crippen LogP contribution in [0.15, 0.2) is 65.9 Å². The second kappa shape index (κ2) is 12.2. The van der Waals surface area contributed by atoms with Crippen LogP contribution in [0.1, 0.15) is 18.1 Å². The van der Waals surface area contributed by atoms with Crippen LogP contribution < -0.4 is 20.7 Å². The molecule has 0 saturated carbocycles. The number of aliphatic imine (C=N–C) groups is 1. The lowest BCUT2D eigenvalue weighted by molar-refractivity contribution is -0.140. The number of ether oxygens (including phenoxy) is 1. The Morgan fingerprint density at radius 2 is 1.89 bits per heavy atom. The number of carboxylic acid groups (broad SMARTS) is 1. The van der Waals surface area contributed by atoms with E-state index in [1.165, 1.54) is 31.3 Å². The summed E-state index contributed by atoms with van der Waals surface area (Å²) in [6.45, 7) is 3.42. The maximum absolute atomic E-state index is 13.4. The summed E-state index contributed by atoms with van der Waals surface area (Å²) in [5, 5.41) is 26.8. The molecule has 0 fully saturated rings. The van der Waals surface area contributed by atoms with Gasteiger partial charge in [0.05, 0.1) is 24.9 Å². The number of amides is 2. The molecule has 0 aliphatic carbocycles. The first-order valence-corrected chi connectivity index (χ1v) is 11.0. The fourth-order valence-corrected chi connectivity index (χ4v) is 2.92. The molecule has 36 heavy (non-hydrogen) atoms. The zero-order valence-corrected chi connectivity index (χ0v) is 19.7. The van der Waals surface area contributed by atoms with Crippen LogP contribution in [0, 0.1) is 18.7 Å². The van der Waals surface area contributed by atoms with E-state index in [2.05, 4.69) is 25.9 Å². The topological polar surface area (TPSA) is 145 Å². The van der Waals surface area contributed by atoms with Crippen LogP contribution in [0.2, 0.25) is 0 Å². The van der Waals surface area contributed by atoms with Gasteiger partial charge in [-0.2, -0.15) is 0 Å². The second-order valence-electron chi connectivity index (χ2n) is 7.95. The lowest BCUT2D eigenvalue weighted by atomic mass is 10.2. The Labute approximate surface area is 206 Å². The highest BCUT2D eigenvalue weighted by atomic mass is 19.1. The first kappa shape index (κ1) is 25.9. The van der Waals surface area contributed by atoms with Gasteiger partial charge in [0.25, 0.3) is 0 Å². The maximum atomic E-state index is 13.4. The van der Waals surface area contributed by atoms with E-state index >= 15 is 0 Å². The first-order valence-electron chi connectivity index (χ1n) is 11.0. The van der Waals surface area contributed by atoms with E-state index in [1.54, 1.807) is 37.3 Å². The van der Waals surface area contributed by atoms with Crippen molar-refractivity contribution in [1.82, 2.24) is 15.6 Å². The third-order valence-electron chi connectivity index (χ3n) is 4.91. The van der Waals surface area contributed by atoms with Crippen molar-refractivity contribution in [1.29, 1.82) is 0 Å². The maximum Gasteiger partial charge on any atom is 0.321 e. The van der Waals surface area contributed by atoms with Crippen LogP contribution in [-0.2, 0) is 11.3 Å². The van der Waals surface area contributed by atoms with Crippen molar-refractivity contribution in [2.45, 2.75) is 20.4 Å². The van der Waals surface area contributed by atoms with Gasteiger partial charge in [-0.3, -0.25) is 20.1 Å². The average molecular weight is 496 g/mol. The number of carboxylic acids is 1. The Kier molecular flexibility index (Phi) is 8.76. The summed E-state index contributed by atoms with van der Waals surface area (Å²) in [6, 6.07) is 12.1. The standard InChI is InChI=1S/C25H26FN5O5/c1-15-9-19(5-8-22(15)36-21-10-18(26)13-27-14-21)30-24(28-11-16(2)23(33)34)31-25(35)29-12-17-3-6-20(32)7-4-17/h3-10,13-14,16,32H,11-12H2,1-2H3,(H,33,34)(H3,28,29,30,31,35). The van der Waals surface area contributed by atoms with Crippen LogP contribution >= 0.6 is 0 Å². The van der Waals surface area contributed by atoms with Crippen molar-refractivity contribution in [2.75, 3.05) is 11.9 Å². The number of benzene rings is 2. The van der Waals surface area contributed by atoms with E-state index in [1.807, 2.05) is 0 Å². The Morgan fingerprint density at radius 3 is 2.56 bits per heavy atom. The number of phenolic OH excluding ortho intramolecular Hbond substituents is 1. The highest BCUT2D eigenvalue weighted by molar-refractivity contribution is 6.03. The summed E-state index contributed by atoms with van der Waals surface area (Å²) in [5.41, 5.74) is 2.03. The minimum Gasteiger partial charge on any atom is -0.508 e. The summed E-state index contributed by atoms with van der Waals surface area (Å²) in [4.78, 5) is 31.6. The molecule has 2 amide bonds. The fraction of sp³-hybridized carbons (Fsp3) is 0.200. The van der Waals surface area contributed by atoms with Crippen molar-refractivity contribution in [3.05, 3.63) is 77.9 Å². The van der Waals surface area contributed by atoms with Crippen molar-refractivity contribution in [2.24, 2.45) is 10.9 Å². The molecule has 0 aliphatic heterocycles. The molecule has 1 aromatic heterocycles. The van der Waals surface area contributed by atoms with Crippen molar-refractivity contribution in [3.63, 3.8) is 0 Å². The summed E-state index contributed by atoms with van der Waals surface area (Å²) in [5.74, 6) is -1.40. The molecule has 0 aliphatic rings. The molecule has 5 N–H and O–H groups in total. The third-order valence-corrected chi connectivity index (χ3v) is 4.91. The van der Waals surface area contributed by atoms with Gasteiger partial charge in [0.1, 0.15) is 23.1 Å². The van der Waals surface area contributed by atoms with E-state index in [0.29, 0.717) is 17.0 Å². The van der Waals surface area contributed by atoms with Gasteiger partial charge in [-0.25, -0.2) is 9.18 Å². The minimum atomic E-state index is -1.01. The molecule has 10 nitrogen and oxygen atoms in total. The van der Waals surface area contributed by atoms with E-state index in [-0.39, 0.29) is 30.5 Å². The third kappa shape index (κ3) is 7.97. The van der Waals surface area contributed by atoms with Crippen LogP contribution in [-0.4, -0.2) is 39.7 Å². The Hall–Kier alpha value is -4.67. The quantitative estimate of drug-likeness (QED) is 0.234. The zero-order valence-electron chi connectivity index (χ0n) is 19.7. The van der Waals surface area contributed by atoms with E-state index in [4.69, 9.17) is 9.84 Å². The van der Waals surface area contributed by atoms with Gasteiger partial charge in [-0.1, -0.05) is 19.1 Å². The molecule has 2 aromatic carbocycles. The van der Waals surface area contributed by atoms with Gasteiger partial charge in [0, 0.05) is 18.3 Å². The van der Waals surface area contributed by atoms with Crippen LogP contribution in [0.3, 0.4) is 0 Å². The molecule has 3 aromatic rings. The number of pyridine rings is 1. The molecule has 1 unspecified atom stereocenters. The smallest absolute Gasteiger partial charge is 0.321 e. The summed E-state index contributed by atoms with van der Waals surface area (Å²) < 4.78 is 19.1. The van der Waals surface area contributed by atoms with Gasteiger partial charge in [0.2, 0.25) is 5.96 Å². The molecule has 0 radical (unpaired) electrons. The van der Waals surface area contributed by atoms with Gasteiger partial charge >= 0.3 is 12.0 Å². The predicted molar refractivity (Wildman–Crippen MR) is 132 cm³/mol. The number of hydrogen-bond acceptors (Lipinski definition) is 6. The normalized spacial score (nSPS) is 11.9. The summed E-state index contributed by atoms with van der Waals surface area (Å²) in [7, 11) is 0. The highest BCUT2D eigenvalue weighted by Gasteiger charge is 2.13. The molecule has 0 spiro atoms. The van der Waals surface area contributed by atoms with Gasteiger partial charge in [-0.15, -0.1) is 0 Å². The minimum absolute atomic E-state index is 0.0497. The SMILES string of the molecule is Cc1cc(NC(=NCC(C)C(=O)O)NC(=O)NCc2ccc(O)cc2)ccc1Oc1cncc(F)c1. The molecule has 3 rings (SSSR count). The highest BCUT2D eigenvalue weighted by Crippen LogP contribution is 2.27. The summed E-state index contributed by atoms with van der Waals surface area (Å²) in [6.07, 6.45) is 2.47. The van der Waals surface area contributed by atoms with Crippen LogP contribution in [0.25, 0.3) is 0 Å². The van der Waals surface area contributed by atoms with Crippen LogP contribution in [0.4, 0.5) is 14.9 Å². The number of carbonyl (C=O) groups excluding carboxylic acids is 1. The number of carbonyl (C=O) groups is 2. The molecule has 1 heterocycles. The molecule has 0 saturated heterocycles. The molecular weight excluding hydrogens is 469 g/mol. The van der Waals surface area contributed by atoms with Crippen molar-refractivity contribution >= 4 is 23.6 Å². The van der Waals surface area contributed by atoms with Crippen LogP contribution in [0.5, 0.6) is 17.2 Å². The second-order valence-corrected chi connectivity index (χ2v) is 7.95. The number of halogens is 1. The Balaban J connectivity index is 1.69. The number of aromatic hydroxyl groups is 1. The predicted octanol–water partition coefficient (Wildman–Crippen LogP) is 4.02. The number of urea groups is 1. The zero-order chi connectivity index (χ0) is 26.1. The van der Waals surface area contributed by atoms with Gasteiger partial charge in [-0.05, 0) is 48.4 Å². The molecule has 11 heteroatoms. The molecular formula is C25H26FN5O5. The monoisotopic (exact) mass is 495 g/mol. The van der Waals surface area contributed by atoms with Gasteiger partial charge < -0.3 is 25.6 Å². The number of guanidine groups is 1. The lowest BCUT2D eigenvalue weighted by Gasteiger charge is -2.15. The first-order chi connectivity index (χ1) is 17.2. The number of aryl methyl sites for hydroxylation is 1. The van der Waals surface area contributed by atoms with Crippen molar-refractivity contribution in [3.8, 4) is 17.2 Å². The summed E-state index contributed by atoms with van der Waals surface area (Å²) >= 11 is 0. The lowest BCUT2D eigenvalue weighted by Crippen LogP contribution is -2.42. The van der Waals surface area contributed by atoms with E-state index in [9.17, 15) is 19.1 Å². The number of aliphatic carboxylic acids is 1. The molecule has 1 atom stereocenters. The number of anilines is 1. The number of aromatic nitrogens is 1.